The number of hydrogen-bond acceptors (Lipinski definition) is 5. The summed E-state index contributed by atoms with van der Waals surface area (Å²) in [6, 6.07) is 0.456. The average molecular weight is 337 g/mol. The fraction of sp³-hybridized carbons (Fsp3) is 0.875. The maximum absolute atomic E-state index is 12.5. The number of aromatic nitrogens is 4. The Kier molecular flexibility index (Phi) is 4.94. The summed E-state index contributed by atoms with van der Waals surface area (Å²) in [7, 11) is 0. The van der Waals surface area contributed by atoms with Crippen LogP contribution in [0.5, 0.6) is 0 Å². The molecule has 0 aliphatic heterocycles. The van der Waals surface area contributed by atoms with Crippen LogP contribution in [-0.4, -0.2) is 37.4 Å². The summed E-state index contributed by atoms with van der Waals surface area (Å²) in [5.41, 5.74) is 0. The van der Waals surface area contributed by atoms with Crippen molar-refractivity contribution >= 4 is 17.7 Å². The van der Waals surface area contributed by atoms with Gasteiger partial charge >= 0.3 is 0 Å². The van der Waals surface area contributed by atoms with Gasteiger partial charge in [-0.05, 0) is 75.1 Å². The maximum atomic E-state index is 12.5. The fourth-order valence-electron chi connectivity index (χ4n) is 4.15. The average Bonchev–Trinajstić information content (AvgIpc) is 3.22. The van der Waals surface area contributed by atoms with Gasteiger partial charge in [0.2, 0.25) is 11.1 Å². The largest absolute Gasteiger partial charge is 0.352 e. The van der Waals surface area contributed by atoms with Gasteiger partial charge in [0, 0.05) is 6.04 Å². The summed E-state index contributed by atoms with van der Waals surface area (Å²) in [6.45, 7) is 8.15. The highest BCUT2D eigenvalue weighted by Crippen LogP contribution is 2.49. The minimum atomic E-state index is -0.195. The third-order valence-corrected chi connectivity index (χ3v) is 6.46. The number of thioether (sulfide) groups is 1. The van der Waals surface area contributed by atoms with Gasteiger partial charge in [-0.1, -0.05) is 18.2 Å². The number of amides is 1. The van der Waals surface area contributed by atoms with Crippen molar-refractivity contribution in [1.29, 1.82) is 0 Å². The Morgan fingerprint density at radius 1 is 1.26 bits per heavy atom. The second kappa shape index (κ2) is 6.79. The molecule has 0 aromatic carbocycles. The van der Waals surface area contributed by atoms with Crippen molar-refractivity contribution in [3.8, 4) is 0 Å². The molecule has 1 aromatic rings. The minimum Gasteiger partial charge on any atom is -0.352 e. The topological polar surface area (TPSA) is 72.7 Å². The molecular weight excluding hydrogens is 310 g/mol. The third kappa shape index (κ3) is 3.54. The number of fused-ring (bicyclic) bond motifs is 2. The van der Waals surface area contributed by atoms with Gasteiger partial charge in [-0.2, -0.15) is 0 Å². The van der Waals surface area contributed by atoms with Crippen LogP contribution < -0.4 is 5.32 Å². The molecule has 2 aliphatic rings. The van der Waals surface area contributed by atoms with Crippen molar-refractivity contribution in [3.05, 3.63) is 0 Å². The van der Waals surface area contributed by atoms with Crippen molar-refractivity contribution in [2.75, 3.05) is 0 Å². The van der Waals surface area contributed by atoms with Gasteiger partial charge in [0.1, 0.15) is 0 Å². The number of carbonyl (C=O) groups is 1. The normalized spacial score (nSPS) is 29.0. The lowest BCUT2D eigenvalue weighted by atomic mass is 9.84. The number of rotatable bonds is 6. The lowest BCUT2D eigenvalue weighted by molar-refractivity contribution is -0.121. The Labute approximate surface area is 142 Å². The van der Waals surface area contributed by atoms with Crippen LogP contribution in [0.3, 0.4) is 0 Å². The van der Waals surface area contributed by atoms with Crippen LogP contribution >= 0.6 is 11.8 Å². The molecule has 23 heavy (non-hydrogen) atoms. The van der Waals surface area contributed by atoms with Gasteiger partial charge in [0.05, 0.1) is 11.3 Å². The molecule has 6 nitrogen and oxygen atoms in total. The SMILES string of the molecule is CC(Sc1nnnn1C(C)C)C(=O)NC(C)C1CC2CCC1C2. The van der Waals surface area contributed by atoms with Gasteiger partial charge in [0.25, 0.3) is 0 Å². The monoisotopic (exact) mass is 337 g/mol. The molecule has 0 spiro atoms. The summed E-state index contributed by atoms with van der Waals surface area (Å²) in [5.74, 6) is 2.48. The second-order valence-corrected chi connectivity index (χ2v) is 8.70. The van der Waals surface area contributed by atoms with E-state index in [1.807, 2.05) is 20.8 Å². The van der Waals surface area contributed by atoms with E-state index in [0.717, 1.165) is 11.8 Å². The zero-order chi connectivity index (χ0) is 16.6. The summed E-state index contributed by atoms with van der Waals surface area (Å²) in [5, 5.41) is 15.5. The van der Waals surface area contributed by atoms with Crippen molar-refractivity contribution in [2.24, 2.45) is 17.8 Å². The number of nitrogens with zero attached hydrogens (tertiary/aromatic N) is 4. The van der Waals surface area contributed by atoms with E-state index in [0.29, 0.717) is 11.1 Å². The maximum Gasteiger partial charge on any atom is 0.233 e. The van der Waals surface area contributed by atoms with Crippen molar-refractivity contribution < 1.29 is 4.79 Å². The van der Waals surface area contributed by atoms with Gasteiger partial charge in [-0.25, -0.2) is 4.68 Å². The Morgan fingerprint density at radius 2 is 2.04 bits per heavy atom. The molecule has 1 heterocycles. The number of carbonyl (C=O) groups excluding carboxylic acids is 1. The molecule has 0 saturated heterocycles. The smallest absolute Gasteiger partial charge is 0.233 e. The van der Waals surface area contributed by atoms with E-state index in [4.69, 9.17) is 0 Å². The summed E-state index contributed by atoms with van der Waals surface area (Å²) in [6.07, 6.45) is 5.41. The predicted octanol–water partition coefficient (Wildman–Crippen LogP) is 2.68. The molecule has 1 amide bonds. The quantitative estimate of drug-likeness (QED) is 0.808. The second-order valence-electron chi connectivity index (χ2n) is 7.40. The number of nitrogens with one attached hydrogen (secondary N) is 1. The molecule has 5 atom stereocenters. The standard InChI is InChI=1S/C16H27N5OS/c1-9(2)21-16(18-19-20-21)23-11(4)15(22)17-10(3)14-8-12-5-6-13(14)7-12/h9-14H,5-8H2,1-4H3,(H,17,22). The zero-order valence-electron chi connectivity index (χ0n) is 14.4. The van der Waals surface area contributed by atoms with Crippen molar-refractivity contribution in [3.63, 3.8) is 0 Å². The minimum absolute atomic E-state index is 0.0866. The molecular formula is C16H27N5OS. The first-order valence-corrected chi connectivity index (χ1v) is 9.58. The number of hydrogen-bond donors (Lipinski definition) is 1. The Morgan fingerprint density at radius 3 is 2.65 bits per heavy atom. The van der Waals surface area contributed by atoms with Crippen LogP contribution in [0.4, 0.5) is 0 Å². The highest BCUT2D eigenvalue weighted by Gasteiger charge is 2.42. The Balaban J connectivity index is 1.54. The van der Waals surface area contributed by atoms with E-state index in [9.17, 15) is 4.79 Å². The zero-order valence-corrected chi connectivity index (χ0v) is 15.2. The predicted molar refractivity (Wildman–Crippen MR) is 90.1 cm³/mol. The summed E-state index contributed by atoms with van der Waals surface area (Å²) in [4.78, 5) is 12.5. The molecule has 1 N–H and O–H groups in total. The molecule has 2 bridgehead atoms. The van der Waals surface area contributed by atoms with E-state index in [2.05, 4.69) is 27.8 Å². The lowest BCUT2D eigenvalue weighted by Gasteiger charge is -2.29. The molecule has 2 saturated carbocycles. The van der Waals surface area contributed by atoms with E-state index < -0.39 is 0 Å². The Bertz CT molecular complexity index is 560. The first kappa shape index (κ1) is 16.7. The van der Waals surface area contributed by atoms with Gasteiger partial charge < -0.3 is 5.32 Å². The van der Waals surface area contributed by atoms with Crippen LogP contribution in [0.1, 0.15) is 59.4 Å². The molecule has 3 rings (SSSR count). The molecule has 0 radical (unpaired) electrons. The first-order valence-electron chi connectivity index (χ1n) is 8.70. The van der Waals surface area contributed by atoms with Crippen molar-refractivity contribution in [1.82, 2.24) is 25.5 Å². The molecule has 5 unspecified atom stereocenters. The fourth-order valence-corrected chi connectivity index (χ4v) is 5.08. The van der Waals surface area contributed by atoms with Gasteiger partial charge in [-0.3, -0.25) is 4.79 Å². The van der Waals surface area contributed by atoms with E-state index in [1.165, 1.54) is 37.4 Å². The molecule has 128 valence electrons. The molecule has 1 aromatic heterocycles. The van der Waals surface area contributed by atoms with Crippen LogP contribution in [0, 0.1) is 17.8 Å². The number of tetrazole rings is 1. The Hall–Kier alpha value is -1.11. The summed E-state index contributed by atoms with van der Waals surface area (Å²) >= 11 is 1.43. The molecule has 7 heteroatoms. The highest BCUT2D eigenvalue weighted by atomic mass is 32.2. The first-order chi connectivity index (χ1) is 11.0. The highest BCUT2D eigenvalue weighted by molar-refractivity contribution is 8.00. The van der Waals surface area contributed by atoms with E-state index in [1.54, 1.807) is 4.68 Å². The van der Waals surface area contributed by atoms with Crippen LogP contribution in [0.15, 0.2) is 5.16 Å². The van der Waals surface area contributed by atoms with Crippen molar-refractivity contribution in [2.45, 2.75) is 75.9 Å². The summed E-state index contributed by atoms with van der Waals surface area (Å²) < 4.78 is 1.76. The molecule has 2 aliphatic carbocycles. The van der Waals surface area contributed by atoms with Crippen LogP contribution in [0.2, 0.25) is 0 Å². The van der Waals surface area contributed by atoms with E-state index in [-0.39, 0.29) is 23.2 Å². The van der Waals surface area contributed by atoms with Gasteiger partial charge in [-0.15, -0.1) is 5.10 Å². The third-order valence-electron chi connectivity index (χ3n) is 5.41. The van der Waals surface area contributed by atoms with Crippen LogP contribution in [0.25, 0.3) is 0 Å². The van der Waals surface area contributed by atoms with E-state index >= 15 is 0 Å². The van der Waals surface area contributed by atoms with Crippen LogP contribution in [-0.2, 0) is 4.79 Å². The molecule has 2 fully saturated rings. The van der Waals surface area contributed by atoms with Gasteiger partial charge in [0.15, 0.2) is 0 Å². The lowest BCUT2D eigenvalue weighted by Crippen LogP contribution is -2.43.